The number of carbonyl (C=O) groups excluding carboxylic acids is 1. The van der Waals surface area contributed by atoms with Crippen molar-refractivity contribution in [2.75, 3.05) is 18.1 Å². The zero-order chi connectivity index (χ0) is 15.1. The Hall–Kier alpha value is -1.20. The summed E-state index contributed by atoms with van der Waals surface area (Å²) in [5, 5.41) is 15.5. The van der Waals surface area contributed by atoms with Crippen LogP contribution < -0.4 is 10.6 Å². The zero-order valence-electron chi connectivity index (χ0n) is 12.5. The Morgan fingerprint density at radius 3 is 2.95 bits per heavy atom. The molecule has 1 fully saturated rings. The van der Waals surface area contributed by atoms with Gasteiger partial charge in [0.1, 0.15) is 0 Å². The van der Waals surface area contributed by atoms with E-state index in [0.717, 1.165) is 42.7 Å². The van der Waals surface area contributed by atoms with E-state index in [-0.39, 0.29) is 12.1 Å². The van der Waals surface area contributed by atoms with Crippen LogP contribution in [0.2, 0.25) is 0 Å². The second-order valence-corrected chi connectivity index (χ2v) is 6.48. The first-order chi connectivity index (χ1) is 10.2. The maximum Gasteiger partial charge on any atom is 0.319 e. The normalized spacial score (nSPS) is 21.8. The standard InChI is InChI=1S/C16H24N2O2S/c1-21-11-13-6-2-3-8-15(13)18-16(20)17-10-12-5-4-7-14(19)9-12/h2-3,6,8,12,14,19H,4-5,7,9-11H2,1H3,(H2,17,18,20)/t12-,14+/m0/s1. The number of anilines is 1. The van der Waals surface area contributed by atoms with E-state index in [2.05, 4.69) is 10.6 Å². The van der Waals surface area contributed by atoms with Crippen molar-refractivity contribution >= 4 is 23.5 Å². The smallest absolute Gasteiger partial charge is 0.319 e. The van der Waals surface area contributed by atoms with Crippen molar-refractivity contribution < 1.29 is 9.90 Å². The van der Waals surface area contributed by atoms with Gasteiger partial charge in [-0.2, -0.15) is 11.8 Å². The van der Waals surface area contributed by atoms with Gasteiger partial charge in [0.2, 0.25) is 0 Å². The van der Waals surface area contributed by atoms with Gasteiger partial charge in [-0.3, -0.25) is 0 Å². The molecule has 2 rings (SSSR count). The lowest BCUT2D eigenvalue weighted by Crippen LogP contribution is -2.35. The molecule has 1 aromatic rings. The maximum atomic E-state index is 12.0. The Balaban J connectivity index is 1.81. The molecule has 2 amide bonds. The highest BCUT2D eigenvalue weighted by Gasteiger charge is 2.20. The van der Waals surface area contributed by atoms with Gasteiger partial charge in [-0.25, -0.2) is 4.79 Å². The molecule has 1 saturated carbocycles. The van der Waals surface area contributed by atoms with Crippen LogP contribution in [0.15, 0.2) is 24.3 Å². The molecule has 1 aromatic carbocycles. The summed E-state index contributed by atoms with van der Waals surface area (Å²) in [6, 6.07) is 7.71. The molecule has 2 atom stereocenters. The molecule has 0 radical (unpaired) electrons. The average molecular weight is 308 g/mol. The molecular weight excluding hydrogens is 284 g/mol. The predicted molar refractivity (Wildman–Crippen MR) is 88.6 cm³/mol. The van der Waals surface area contributed by atoms with E-state index in [9.17, 15) is 9.90 Å². The van der Waals surface area contributed by atoms with Crippen molar-refractivity contribution in [3.63, 3.8) is 0 Å². The van der Waals surface area contributed by atoms with Crippen molar-refractivity contribution in [1.82, 2.24) is 5.32 Å². The largest absolute Gasteiger partial charge is 0.393 e. The molecule has 116 valence electrons. The number of amides is 2. The van der Waals surface area contributed by atoms with Crippen LogP contribution in [0, 0.1) is 5.92 Å². The fourth-order valence-corrected chi connectivity index (χ4v) is 3.34. The van der Waals surface area contributed by atoms with E-state index in [0.29, 0.717) is 12.5 Å². The van der Waals surface area contributed by atoms with Gasteiger partial charge in [-0.1, -0.05) is 24.6 Å². The van der Waals surface area contributed by atoms with Gasteiger partial charge in [-0.15, -0.1) is 0 Å². The van der Waals surface area contributed by atoms with E-state index in [1.54, 1.807) is 11.8 Å². The van der Waals surface area contributed by atoms with E-state index < -0.39 is 0 Å². The lowest BCUT2D eigenvalue weighted by atomic mass is 9.87. The van der Waals surface area contributed by atoms with Crippen molar-refractivity contribution in [2.45, 2.75) is 37.5 Å². The number of para-hydroxylation sites is 1. The van der Waals surface area contributed by atoms with Gasteiger partial charge < -0.3 is 15.7 Å². The van der Waals surface area contributed by atoms with Crippen LogP contribution in [0.25, 0.3) is 0 Å². The van der Waals surface area contributed by atoms with Gasteiger partial charge in [-0.05, 0) is 43.1 Å². The molecule has 0 aromatic heterocycles. The Labute approximate surface area is 130 Å². The monoisotopic (exact) mass is 308 g/mol. The summed E-state index contributed by atoms with van der Waals surface area (Å²) in [4.78, 5) is 12.0. The summed E-state index contributed by atoms with van der Waals surface area (Å²) in [6.45, 7) is 0.633. The molecule has 0 heterocycles. The van der Waals surface area contributed by atoms with E-state index >= 15 is 0 Å². The lowest BCUT2D eigenvalue weighted by Gasteiger charge is -2.26. The van der Waals surface area contributed by atoms with Crippen molar-refractivity contribution in [3.8, 4) is 0 Å². The van der Waals surface area contributed by atoms with Gasteiger partial charge in [0.25, 0.3) is 0 Å². The van der Waals surface area contributed by atoms with E-state index in [1.807, 2.05) is 30.5 Å². The first-order valence-electron chi connectivity index (χ1n) is 7.48. The van der Waals surface area contributed by atoms with Gasteiger partial charge in [0, 0.05) is 18.0 Å². The van der Waals surface area contributed by atoms with Crippen LogP contribution >= 0.6 is 11.8 Å². The molecule has 0 spiro atoms. The molecule has 0 saturated heterocycles. The summed E-state index contributed by atoms with van der Waals surface area (Å²) in [5.41, 5.74) is 2.00. The van der Waals surface area contributed by atoms with Crippen molar-refractivity contribution in [3.05, 3.63) is 29.8 Å². The minimum atomic E-state index is -0.198. The van der Waals surface area contributed by atoms with Gasteiger partial charge in [0.15, 0.2) is 0 Å². The van der Waals surface area contributed by atoms with Crippen LogP contribution in [-0.4, -0.2) is 30.0 Å². The SMILES string of the molecule is CSCc1ccccc1NC(=O)NC[C@H]1CCC[C@@H](O)C1. The third-order valence-electron chi connectivity index (χ3n) is 3.87. The van der Waals surface area contributed by atoms with Crippen molar-refractivity contribution in [1.29, 1.82) is 0 Å². The Bertz CT molecular complexity index is 467. The van der Waals surface area contributed by atoms with Crippen LogP contribution in [0.5, 0.6) is 0 Å². The molecule has 0 aliphatic heterocycles. The number of carbonyl (C=O) groups is 1. The van der Waals surface area contributed by atoms with E-state index in [4.69, 9.17) is 0 Å². The molecular formula is C16H24N2O2S. The average Bonchev–Trinajstić information content (AvgIpc) is 2.48. The fraction of sp³-hybridized carbons (Fsp3) is 0.562. The topological polar surface area (TPSA) is 61.4 Å². The fourth-order valence-electron chi connectivity index (χ4n) is 2.78. The molecule has 0 bridgehead atoms. The molecule has 1 aliphatic rings. The highest BCUT2D eigenvalue weighted by molar-refractivity contribution is 7.97. The molecule has 3 N–H and O–H groups in total. The molecule has 4 nitrogen and oxygen atoms in total. The van der Waals surface area contributed by atoms with Crippen LogP contribution in [0.4, 0.5) is 10.5 Å². The van der Waals surface area contributed by atoms with Crippen LogP contribution in [0.3, 0.4) is 0 Å². The number of nitrogens with one attached hydrogen (secondary N) is 2. The molecule has 21 heavy (non-hydrogen) atoms. The number of thioether (sulfide) groups is 1. The number of aliphatic hydroxyl groups excluding tert-OH is 1. The summed E-state index contributed by atoms with van der Waals surface area (Å²) >= 11 is 1.73. The van der Waals surface area contributed by atoms with Crippen LogP contribution in [-0.2, 0) is 5.75 Å². The van der Waals surface area contributed by atoms with Crippen molar-refractivity contribution in [2.24, 2.45) is 5.92 Å². The van der Waals surface area contributed by atoms with Gasteiger partial charge >= 0.3 is 6.03 Å². The summed E-state index contributed by atoms with van der Waals surface area (Å²) in [7, 11) is 0. The first-order valence-corrected chi connectivity index (χ1v) is 8.88. The predicted octanol–water partition coefficient (Wildman–Crippen LogP) is 3.22. The Morgan fingerprint density at radius 1 is 1.38 bits per heavy atom. The van der Waals surface area contributed by atoms with Crippen LogP contribution in [0.1, 0.15) is 31.2 Å². The molecule has 5 heteroatoms. The molecule has 1 aliphatic carbocycles. The number of rotatable bonds is 5. The third-order valence-corrected chi connectivity index (χ3v) is 4.47. The van der Waals surface area contributed by atoms with E-state index in [1.165, 1.54) is 0 Å². The second-order valence-electron chi connectivity index (χ2n) is 5.61. The Kier molecular flexibility index (Phi) is 6.39. The lowest BCUT2D eigenvalue weighted by molar-refractivity contribution is 0.101. The number of benzene rings is 1. The number of hydrogen-bond donors (Lipinski definition) is 3. The first kappa shape index (κ1) is 16.2. The number of aliphatic hydroxyl groups is 1. The number of urea groups is 1. The second kappa shape index (κ2) is 8.29. The quantitative estimate of drug-likeness (QED) is 0.782. The highest BCUT2D eigenvalue weighted by Crippen LogP contribution is 2.23. The summed E-state index contributed by atoms with van der Waals surface area (Å²) in [5.74, 6) is 1.27. The minimum absolute atomic E-state index is 0.163. The maximum absolute atomic E-state index is 12.0. The summed E-state index contributed by atoms with van der Waals surface area (Å²) in [6.07, 6.45) is 5.67. The number of hydrogen-bond acceptors (Lipinski definition) is 3. The third kappa shape index (κ3) is 5.25. The van der Waals surface area contributed by atoms with Gasteiger partial charge in [0.05, 0.1) is 6.10 Å². The highest BCUT2D eigenvalue weighted by atomic mass is 32.2. The molecule has 0 unspecified atom stereocenters. The zero-order valence-corrected chi connectivity index (χ0v) is 13.3. The minimum Gasteiger partial charge on any atom is -0.393 e. The Morgan fingerprint density at radius 2 is 2.19 bits per heavy atom. The summed E-state index contributed by atoms with van der Waals surface area (Å²) < 4.78 is 0.